The molecule has 1 aliphatic rings. The lowest BCUT2D eigenvalue weighted by Crippen LogP contribution is -2.04. The second-order valence-electron chi connectivity index (χ2n) is 4.02. The van der Waals surface area contributed by atoms with Crippen molar-refractivity contribution in [1.82, 2.24) is 15.0 Å². The van der Waals surface area contributed by atoms with E-state index in [4.69, 9.17) is 4.84 Å². The molecular formula is C12H12N4O. The summed E-state index contributed by atoms with van der Waals surface area (Å²) >= 11 is 0. The summed E-state index contributed by atoms with van der Waals surface area (Å²) in [7, 11) is 0. The highest BCUT2D eigenvalue weighted by atomic mass is 16.6. The van der Waals surface area contributed by atoms with E-state index < -0.39 is 0 Å². The molecule has 0 saturated carbocycles. The highest BCUT2D eigenvalue weighted by molar-refractivity contribution is 6.01. The van der Waals surface area contributed by atoms with E-state index in [2.05, 4.69) is 15.4 Å². The quantitative estimate of drug-likeness (QED) is 0.787. The highest BCUT2D eigenvalue weighted by Gasteiger charge is 2.17. The lowest BCUT2D eigenvalue weighted by atomic mass is 10.1. The van der Waals surface area contributed by atoms with Crippen molar-refractivity contribution in [3.05, 3.63) is 42.2 Å². The largest absolute Gasteiger partial charge is 0.392 e. The molecule has 0 amide bonds. The van der Waals surface area contributed by atoms with E-state index in [1.807, 2.05) is 31.2 Å². The molecule has 17 heavy (non-hydrogen) atoms. The van der Waals surface area contributed by atoms with Gasteiger partial charge in [-0.15, -0.1) is 0 Å². The first-order valence-corrected chi connectivity index (χ1v) is 5.53. The van der Waals surface area contributed by atoms with Gasteiger partial charge in [-0.1, -0.05) is 17.3 Å². The van der Waals surface area contributed by atoms with E-state index >= 15 is 0 Å². The van der Waals surface area contributed by atoms with Crippen molar-refractivity contribution in [2.45, 2.75) is 19.4 Å². The molecule has 3 rings (SSSR count). The molecule has 1 aromatic carbocycles. The number of rotatable bonds is 2. The molecule has 0 saturated heterocycles. The number of hydrogen-bond acceptors (Lipinski definition) is 4. The summed E-state index contributed by atoms with van der Waals surface area (Å²) in [6, 6.07) is 7.97. The van der Waals surface area contributed by atoms with Crippen molar-refractivity contribution in [3.8, 4) is 5.69 Å². The van der Waals surface area contributed by atoms with Crippen LogP contribution in [-0.2, 0) is 4.84 Å². The molecule has 0 N–H and O–H groups in total. The van der Waals surface area contributed by atoms with Gasteiger partial charge in [-0.05, 0) is 24.6 Å². The average molecular weight is 228 g/mol. The standard InChI is InChI=1S/C12H12N4O/c1-9-8-12(15-17-9)10-2-4-11(5-3-10)16-13-6-7-14-16/h2-7,9H,8H2,1H3. The highest BCUT2D eigenvalue weighted by Crippen LogP contribution is 2.17. The molecule has 0 bridgehead atoms. The van der Waals surface area contributed by atoms with Gasteiger partial charge in [-0.2, -0.15) is 15.0 Å². The minimum atomic E-state index is 0.178. The smallest absolute Gasteiger partial charge is 0.130 e. The number of aromatic nitrogens is 3. The fraction of sp³-hybridized carbons (Fsp3) is 0.250. The van der Waals surface area contributed by atoms with Gasteiger partial charge in [-0.3, -0.25) is 0 Å². The Kier molecular flexibility index (Phi) is 2.36. The maximum absolute atomic E-state index is 5.18. The first kappa shape index (κ1) is 10.0. The van der Waals surface area contributed by atoms with Crippen molar-refractivity contribution >= 4 is 5.71 Å². The maximum Gasteiger partial charge on any atom is 0.130 e. The van der Waals surface area contributed by atoms with Crippen LogP contribution in [-0.4, -0.2) is 26.8 Å². The van der Waals surface area contributed by atoms with Crippen molar-refractivity contribution in [1.29, 1.82) is 0 Å². The minimum absolute atomic E-state index is 0.178. The average Bonchev–Trinajstić information content (AvgIpc) is 3.00. The number of nitrogens with zero attached hydrogens (tertiary/aromatic N) is 4. The van der Waals surface area contributed by atoms with Crippen LogP contribution in [0.5, 0.6) is 0 Å². The molecule has 0 radical (unpaired) electrons. The molecule has 2 heterocycles. The van der Waals surface area contributed by atoms with Crippen LogP contribution in [0.4, 0.5) is 0 Å². The van der Waals surface area contributed by atoms with Crippen LogP contribution >= 0.6 is 0 Å². The molecule has 0 spiro atoms. The Hall–Kier alpha value is -2.17. The van der Waals surface area contributed by atoms with Gasteiger partial charge in [0.1, 0.15) is 6.10 Å². The lowest BCUT2D eigenvalue weighted by Gasteiger charge is -2.02. The monoisotopic (exact) mass is 228 g/mol. The van der Waals surface area contributed by atoms with Crippen LogP contribution in [0.3, 0.4) is 0 Å². The van der Waals surface area contributed by atoms with Crippen molar-refractivity contribution in [2.75, 3.05) is 0 Å². The second-order valence-corrected chi connectivity index (χ2v) is 4.02. The molecule has 2 aromatic rings. The molecule has 1 atom stereocenters. The van der Waals surface area contributed by atoms with Crippen molar-refractivity contribution in [3.63, 3.8) is 0 Å². The van der Waals surface area contributed by atoms with Gasteiger partial charge >= 0.3 is 0 Å². The van der Waals surface area contributed by atoms with Gasteiger partial charge in [0.05, 0.1) is 23.8 Å². The Morgan fingerprint density at radius 3 is 2.47 bits per heavy atom. The van der Waals surface area contributed by atoms with E-state index in [1.165, 1.54) is 0 Å². The van der Waals surface area contributed by atoms with Crippen molar-refractivity contribution in [2.24, 2.45) is 5.16 Å². The van der Waals surface area contributed by atoms with Crippen LogP contribution in [0.1, 0.15) is 18.9 Å². The zero-order chi connectivity index (χ0) is 11.7. The van der Waals surface area contributed by atoms with E-state index in [0.717, 1.165) is 23.4 Å². The summed E-state index contributed by atoms with van der Waals surface area (Å²) in [5, 5.41) is 12.2. The zero-order valence-electron chi connectivity index (χ0n) is 9.45. The molecule has 5 heteroatoms. The SMILES string of the molecule is CC1CC(c2ccc(-n3nccn3)cc2)=NO1. The molecule has 86 valence electrons. The zero-order valence-corrected chi connectivity index (χ0v) is 9.45. The third-order valence-electron chi connectivity index (χ3n) is 2.67. The fourth-order valence-corrected chi connectivity index (χ4v) is 1.81. The molecule has 1 aliphatic heterocycles. The van der Waals surface area contributed by atoms with Gasteiger partial charge in [0.2, 0.25) is 0 Å². The summed E-state index contributed by atoms with van der Waals surface area (Å²) in [6.07, 6.45) is 4.35. The Morgan fingerprint density at radius 2 is 1.88 bits per heavy atom. The van der Waals surface area contributed by atoms with Crippen LogP contribution in [0.2, 0.25) is 0 Å². The maximum atomic E-state index is 5.18. The topological polar surface area (TPSA) is 52.3 Å². The Balaban J connectivity index is 1.86. The van der Waals surface area contributed by atoms with E-state index in [9.17, 15) is 0 Å². The molecule has 0 aliphatic carbocycles. The molecule has 0 fully saturated rings. The van der Waals surface area contributed by atoms with Crippen LogP contribution in [0.15, 0.2) is 41.8 Å². The third kappa shape index (κ3) is 1.91. The predicted molar refractivity (Wildman–Crippen MR) is 63.1 cm³/mol. The Morgan fingerprint density at radius 1 is 1.18 bits per heavy atom. The summed E-state index contributed by atoms with van der Waals surface area (Å²) in [5.74, 6) is 0. The Labute approximate surface area is 98.7 Å². The van der Waals surface area contributed by atoms with Gasteiger partial charge in [0.15, 0.2) is 0 Å². The van der Waals surface area contributed by atoms with E-state index in [1.54, 1.807) is 17.2 Å². The normalized spacial score (nSPS) is 18.9. The summed E-state index contributed by atoms with van der Waals surface area (Å²) in [5.41, 5.74) is 3.02. The molecule has 1 unspecified atom stereocenters. The second kappa shape index (κ2) is 4.01. The van der Waals surface area contributed by atoms with Crippen molar-refractivity contribution < 1.29 is 4.84 Å². The fourth-order valence-electron chi connectivity index (χ4n) is 1.81. The van der Waals surface area contributed by atoms with Crippen LogP contribution in [0, 0.1) is 0 Å². The summed E-state index contributed by atoms with van der Waals surface area (Å²) in [6.45, 7) is 2.01. The predicted octanol–water partition coefficient (Wildman–Crippen LogP) is 1.78. The summed E-state index contributed by atoms with van der Waals surface area (Å²) in [4.78, 5) is 6.76. The first-order chi connectivity index (χ1) is 8.33. The molecule has 5 nitrogen and oxygen atoms in total. The first-order valence-electron chi connectivity index (χ1n) is 5.53. The number of hydrogen-bond donors (Lipinski definition) is 0. The van der Waals surface area contributed by atoms with Gasteiger partial charge in [0.25, 0.3) is 0 Å². The number of benzene rings is 1. The van der Waals surface area contributed by atoms with Crippen LogP contribution in [0.25, 0.3) is 5.69 Å². The van der Waals surface area contributed by atoms with Crippen LogP contribution < -0.4 is 0 Å². The number of oxime groups is 1. The molecule has 1 aromatic heterocycles. The third-order valence-corrected chi connectivity index (χ3v) is 2.67. The minimum Gasteiger partial charge on any atom is -0.392 e. The van der Waals surface area contributed by atoms with E-state index in [-0.39, 0.29) is 6.10 Å². The van der Waals surface area contributed by atoms with Gasteiger partial charge < -0.3 is 4.84 Å². The Bertz CT molecular complexity index is 530. The molecular weight excluding hydrogens is 216 g/mol. The lowest BCUT2D eigenvalue weighted by molar-refractivity contribution is 0.0995. The van der Waals surface area contributed by atoms with E-state index in [0.29, 0.717) is 0 Å². The summed E-state index contributed by atoms with van der Waals surface area (Å²) < 4.78 is 0. The van der Waals surface area contributed by atoms with Gasteiger partial charge in [0, 0.05) is 6.42 Å². The van der Waals surface area contributed by atoms with Gasteiger partial charge in [-0.25, -0.2) is 0 Å².